The largest absolute Gasteiger partial charge is 0.454 e. The fraction of sp³-hybridized carbons (Fsp3) is 0.600. The summed E-state index contributed by atoms with van der Waals surface area (Å²) < 4.78 is 10.7. The van der Waals surface area contributed by atoms with Gasteiger partial charge in [0.25, 0.3) is 0 Å². The lowest BCUT2D eigenvalue weighted by Crippen LogP contribution is -2.33. The molecule has 2 atom stereocenters. The summed E-state index contributed by atoms with van der Waals surface area (Å²) in [5.41, 5.74) is 1.19. The minimum absolute atomic E-state index is 0.127. The molecule has 0 saturated heterocycles. The molecule has 0 spiro atoms. The van der Waals surface area contributed by atoms with E-state index in [9.17, 15) is 5.11 Å². The Bertz CT molecular complexity index is 435. The summed E-state index contributed by atoms with van der Waals surface area (Å²) in [5.74, 6) is 2.06. The Balaban J connectivity index is 1.49. The quantitative estimate of drug-likeness (QED) is 0.873. The molecule has 4 heteroatoms. The molecule has 2 N–H and O–H groups in total. The molecule has 2 unspecified atom stereocenters. The second kappa shape index (κ2) is 5.80. The van der Waals surface area contributed by atoms with Crippen molar-refractivity contribution >= 4 is 0 Å². The summed E-state index contributed by atoms with van der Waals surface area (Å²) in [7, 11) is 0. The predicted octanol–water partition coefficient (Wildman–Crippen LogP) is 2.06. The Morgan fingerprint density at radius 2 is 2.00 bits per heavy atom. The van der Waals surface area contributed by atoms with Gasteiger partial charge in [-0.1, -0.05) is 18.9 Å². The first-order valence-electron chi connectivity index (χ1n) is 7.10. The van der Waals surface area contributed by atoms with Crippen molar-refractivity contribution in [2.45, 2.75) is 38.3 Å². The van der Waals surface area contributed by atoms with Crippen LogP contribution in [0.2, 0.25) is 0 Å². The lowest BCUT2D eigenvalue weighted by atomic mass is 9.86. The van der Waals surface area contributed by atoms with E-state index in [0.29, 0.717) is 12.7 Å². The van der Waals surface area contributed by atoms with Crippen LogP contribution in [-0.2, 0) is 6.54 Å². The van der Waals surface area contributed by atoms with Crippen LogP contribution in [0, 0.1) is 5.92 Å². The van der Waals surface area contributed by atoms with Crippen LogP contribution in [0.3, 0.4) is 0 Å². The number of aliphatic hydroxyl groups excluding tert-OH is 1. The molecule has 1 heterocycles. The number of rotatable bonds is 4. The smallest absolute Gasteiger partial charge is 0.231 e. The summed E-state index contributed by atoms with van der Waals surface area (Å²) in [6.07, 6.45) is 4.37. The highest BCUT2D eigenvalue weighted by molar-refractivity contribution is 5.44. The lowest BCUT2D eigenvalue weighted by molar-refractivity contribution is 0.0695. The third-order valence-corrected chi connectivity index (χ3v) is 4.04. The Morgan fingerprint density at radius 3 is 2.89 bits per heavy atom. The summed E-state index contributed by atoms with van der Waals surface area (Å²) >= 11 is 0. The van der Waals surface area contributed by atoms with Crippen LogP contribution in [0.1, 0.15) is 31.2 Å². The zero-order valence-corrected chi connectivity index (χ0v) is 11.1. The van der Waals surface area contributed by atoms with Crippen LogP contribution in [0.4, 0.5) is 0 Å². The summed E-state index contributed by atoms with van der Waals surface area (Å²) in [5, 5.41) is 13.4. The van der Waals surface area contributed by atoms with Crippen molar-refractivity contribution in [1.82, 2.24) is 5.32 Å². The molecule has 4 nitrogen and oxygen atoms in total. The van der Waals surface area contributed by atoms with Crippen molar-refractivity contribution in [2.75, 3.05) is 13.3 Å². The van der Waals surface area contributed by atoms with Gasteiger partial charge in [0.05, 0.1) is 6.10 Å². The zero-order valence-electron chi connectivity index (χ0n) is 11.1. The highest BCUT2D eigenvalue weighted by atomic mass is 16.7. The molecule has 1 aromatic rings. The first-order chi connectivity index (χ1) is 9.33. The Hall–Kier alpha value is -1.26. The lowest BCUT2D eigenvalue weighted by Gasteiger charge is -2.27. The number of nitrogens with one attached hydrogen (secondary N) is 1. The molecule has 0 aromatic heterocycles. The highest BCUT2D eigenvalue weighted by Crippen LogP contribution is 2.32. The van der Waals surface area contributed by atoms with Gasteiger partial charge in [0, 0.05) is 13.1 Å². The monoisotopic (exact) mass is 263 g/mol. The van der Waals surface area contributed by atoms with Gasteiger partial charge in [-0.2, -0.15) is 0 Å². The number of aliphatic hydroxyl groups is 1. The standard InChI is InChI=1S/C15H21NO3/c17-13-4-2-1-3-12(13)9-16-8-11-5-6-14-15(7-11)19-10-18-14/h5-7,12-13,16-17H,1-4,8-10H2. The number of ether oxygens (including phenoxy) is 2. The zero-order chi connectivity index (χ0) is 13.1. The van der Waals surface area contributed by atoms with E-state index in [-0.39, 0.29) is 6.10 Å². The van der Waals surface area contributed by atoms with Crippen LogP contribution in [-0.4, -0.2) is 24.5 Å². The van der Waals surface area contributed by atoms with Gasteiger partial charge in [0.15, 0.2) is 11.5 Å². The van der Waals surface area contributed by atoms with Crippen LogP contribution in [0.25, 0.3) is 0 Å². The molecule has 1 fully saturated rings. The topological polar surface area (TPSA) is 50.7 Å². The predicted molar refractivity (Wildman–Crippen MR) is 72.2 cm³/mol. The van der Waals surface area contributed by atoms with Crippen molar-refractivity contribution in [3.8, 4) is 11.5 Å². The molecular weight excluding hydrogens is 242 g/mol. The third kappa shape index (κ3) is 3.01. The van der Waals surface area contributed by atoms with Gasteiger partial charge in [0.1, 0.15) is 0 Å². The van der Waals surface area contributed by atoms with E-state index in [0.717, 1.165) is 37.4 Å². The molecule has 104 valence electrons. The molecule has 1 saturated carbocycles. The average Bonchev–Trinajstić information content (AvgIpc) is 2.88. The van der Waals surface area contributed by atoms with Crippen molar-refractivity contribution in [1.29, 1.82) is 0 Å². The fourth-order valence-electron chi connectivity index (χ4n) is 2.88. The molecule has 1 aliphatic carbocycles. The maximum atomic E-state index is 9.92. The molecule has 0 amide bonds. The molecule has 19 heavy (non-hydrogen) atoms. The fourth-order valence-corrected chi connectivity index (χ4v) is 2.88. The van der Waals surface area contributed by atoms with E-state index in [1.165, 1.54) is 18.4 Å². The third-order valence-electron chi connectivity index (χ3n) is 4.04. The van der Waals surface area contributed by atoms with Gasteiger partial charge in [0.2, 0.25) is 6.79 Å². The van der Waals surface area contributed by atoms with Crippen LogP contribution >= 0.6 is 0 Å². The summed E-state index contributed by atoms with van der Waals surface area (Å²) in [4.78, 5) is 0. The Morgan fingerprint density at radius 1 is 1.16 bits per heavy atom. The number of fused-ring (bicyclic) bond motifs is 1. The molecule has 1 aromatic carbocycles. The second-order valence-electron chi connectivity index (χ2n) is 5.43. The number of benzene rings is 1. The van der Waals surface area contributed by atoms with E-state index in [1.807, 2.05) is 12.1 Å². The maximum absolute atomic E-state index is 9.92. The van der Waals surface area contributed by atoms with E-state index in [4.69, 9.17) is 9.47 Å². The minimum atomic E-state index is -0.127. The van der Waals surface area contributed by atoms with E-state index < -0.39 is 0 Å². The molecule has 2 aliphatic rings. The number of hydrogen-bond donors (Lipinski definition) is 2. The van der Waals surface area contributed by atoms with Crippen LogP contribution < -0.4 is 14.8 Å². The average molecular weight is 263 g/mol. The first kappa shape index (κ1) is 12.8. The van der Waals surface area contributed by atoms with Crippen molar-refractivity contribution < 1.29 is 14.6 Å². The molecule has 3 rings (SSSR count). The second-order valence-corrected chi connectivity index (χ2v) is 5.43. The SMILES string of the molecule is OC1CCCCC1CNCc1ccc2c(c1)OCO2. The van der Waals surface area contributed by atoms with Crippen molar-refractivity contribution in [3.05, 3.63) is 23.8 Å². The summed E-state index contributed by atoms with van der Waals surface area (Å²) in [6.45, 7) is 2.01. The van der Waals surface area contributed by atoms with Gasteiger partial charge in [-0.05, 0) is 36.5 Å². The van der Waals surface area contributed by atoms with E-state index >= 15 is 0 Å². The van der Waals surface area contributed by atoms with E-state index in [1.54, 1.807) is 0 Å². The maximum Gasteiger partial charge on any atom is 0.231 e. The normalized spacial score (nSPS) is 25.5. The van der Waals surface area contributed by atoms with Gasteiger partial charge in [-0.3, -0.25) is 0 Å². The first-order valence-corrected chi connectivity index (χ1v) is 7.10. The van der Waals surface area contributed by atoms with E-state index in [2.05, 4.69) is 11.4 Å². The Kier molecular flexibility index (Phi) is 3.89. The summed E-state index contributed by atoms with van der Waals surface area (Å²) in [6, 6.07) is 6.03. The highest BCUT2D eigenvalue weighted by Gasteiger charge is 2.22. The minimum Gasteiger partial charge on any atom is -0.454 e. The molecule has 1 aliphatic heterocycles. The van der Waals surface area contributed by atoms with Gasteiger partial charge < -0.3 is 19.9 Å². The van der Waals surface area contributed by atoms with Gasteiger partial charge in [-0.15, -0.1) is 0 Å². The van der Waals surface area contributed by atoms with Crippen LogP contribution in [0.5, 0.6) is 11.5 Å². The molecule has 0 bridgehead atoms. The molecular formula is C15H21NO3. The molecule has 0 radical (unpaired) electrons. The van der Waals surface area contributed by atoms with Crippen molar-refractivity contribution in [2.24, 2.45) is 5.92 Å². The Labute approximate surface area is 113 Å². The van der Waals surface area contributed by atoms with Gasteiger partial charge >= 0.3 is 0 Å². The van der Waals surface area contributed by atoms with Crippen molar-refractivity contribution in [3.63, 3.8) is 0 Å². The number of hydrogen-bond acceptors (Lipinski definition) is 4. The van der Waals surface area contributed by atoms with Crippen LogP contribution in [0.15, 0.2) is 18.2 Å². The van der Waals surface area contributed by atoms with Gasteiger partial charge in [-0.25, -0.2) is 0 Å².